The lowest BCUT2D eigenvalue weighted by molar-refractivity contribution is -0.118. The molecule has 128 valence electrons. The zero-order chi connectivity index (χ0) is 17.6. The summed E-state index contributed by atoms with van der Waals surface area (Å²) in [5, 5.41) is 5.78. The van der Waals surface area contributed by atoms with Crippen molar-refractivity contribution in [2.24, 2.45) is 0 Å². The van der Waals surface area contributed by atoms with Crippen LogP contribution in [0, 0.1) is 0 Å². The van der Waals surface area contributed by atoms with E-state index in [9.17, 15) is 4.79 Å². The van der Waals surface area contributed by atoms with E-state index in [0.717, 1.165) is 29.0 Å². The van der Waals surface area contributed by atoms with Crippen LogP contribution in [0.2, 0.25) is 5.02 Å². The average Bonchev–Trinajstić information content (AvgIpc) is 3.08. The molecule has 3 rings (SSSR count). The number of hydrogen-bond donors (Lipinski definition) is 1. The van der Waals surface area contributed by atoms with E-state index >= 15 is 0 Å². The van der Waals surface area contributed by atoms with Crippen molar-refractivity contribution in [3.8, 4) is 17.0 Å². The number of ether oxygens (including phenoxy) is 1. The normalized spacial score (nSPS) is 10.5. The zero-order valence-corrected chi connectivity index (χ0v) is 15.2. The largest absolute Gasteiger partial charge is 0.483 e. The molecule has 0 aliphatic rings. The molecule has 4 nitrogen and oxygen atoms in total. The smallest absolute Gasteiger partial charge is 0.264 e. The van der Waals surface area contributed by atoms with Gasteiger partial charge in [0.25, 0.3) is 5.91 Å². The summed E-state index contributed by atoms with van der Waals surface area (Å²) in [5.74, 6) is 0.488. The molecule has 0 aliphatic carbocycles. The third-order valence-corrected chi connectivity index (χ3v) is 4.70. The number of amides is 1. The van der Waals surface area contributed by atoms with Gasteiger partial charge >= 0.3 is 0 Å². The highest BCUT2D eigenvalue weighted by molar-refractivity contribution is 7.14. The van der Waals surface area contributed by atoms with Crippen LogP contribution in [0.15, 0.2) is 53.9 Å². The van der Waals surface area contributed by atoms with Gasteiger partial charge in [0, 0.05) is 16.0 Å². The number of thiazole rings is 1. The molecule has 0 bridgehead atoms. The highest BCUT2D eigenvalue weighted by Crippen LogP contribution is 2.30. The van der Waals surface area contributed by atoms with Gasteiger partial charge in [-0.3, -0.25) is 10.1 Å². The number of hydrogen-bond acceptors (Lipinski definition) is 4. The lowest BCUT2D eigenvalue weighted by Crippen LogP contribution is -2.20. The maximum Gasteiger partial charge on any atom is 0.264 e. The van der Waals surface area contributed by atoms with Crippen molar-refractivity contribution in [2.75, 3.05) is 11.9 Å². The Kier molecular flexibility index (Phi) is 5.68. The Morgan fingerprint density at radius 2 is 1.96 bits per heavy atom. The molecule has 0 atom stereocenters. The summed E-state index contributed by atoms with van der Waals surface area (Å²) in [6.45, 7) is 1.99. The SMILES string of the molecule is CCc1ccccc1OCC(=O)Nc1nc(-c2ccccc2Cl)cs1. The van der Waals surface area contributed by atoms with Gasteiger partial charge in [-0.2, -0.15) is 0 Å². The van der Waals surface area contributed by atoms with Gasteiger partial charge in [0.05, 0.1) is 5.69 Å². The number of rotatable bonds is 6. The van der Waals surface area contributed by atoms with Crippen LogP contribution in [0.1, 0.15) is 12.5 Å². The third-order valence-electron chi connectivity index (χ3n) is 3.61. The number of aromatic nitrogens is 1. The van der Waals surface area contributed by atoms with Crippen LogP contribution in [-0.2, 0) is 11.2 Å². The van der Waals surface area contributed by atoms with Gasteiger partial charge in [-0.05, 0) is 24.1 Å². The predicted octanol–water partition coefficient (Wildman–Crippen LogP) is 5.04. The fourth-order valence-electron chi connectivity index (χ4n) is 2.36. The van der Waals surface area contributed by atoms with Gasteiger partial charge in [-0.1, -0.05) is 54.9 Å². The molecule has 0 spiro atoms. The topological polar surface area (TPSA) is 51.2 Å². The number of benzene rings is 2. The fourth-order valence-corrected chi connectivity index (χ4v) is 3.32. The summed E-state index contributed by atoms with van der Waals surface area (Å²) in [7, 11) is 0. The van der Waals surface area contributed by atoms with E-state index in [-0.39, 0.29) is 12.5 Å². The number of carbonyl (C=O) groups is 1. The molecule has 0 fully saturated rings. The minimum absolute atomic E-state index is 0.0575. The van der Waals surface area contributed by atoms with E-state index in [1.807, 2.05) is 60.8 Å². The summed E-state index contributed by atoms with van der Waals surface area (Å²) in [6.07, 6.45) is 0.853. The Morgan fingerprint density at radius 3 is 2.76 bits per heavy atom. The van der Waals surface area contributed by atoms with Crippen molar-refractivity contribution in [1.29, 1.82) is 0 Å². The van der Waals surface area contributed by atoms with E-state index < -0.39 is 0 Å². The summed E-state index contributed by atoms with van der Waals surface area (Å²) in [6, 6.07) is 15.2. The summed E-state index contributed by atoms with van der Waals surface area (Å²) < 4.78 is 5.62. The molecule has 1 amide bonds. The summed E-state index contributed by atoms with van der Waals surface area (Å²) in [5.41, 5.74) is 2.66. The van der Waals surface area contributed by atoms with Crippen LogP contribution in [0.5, 0.6) is 5.75 Å². The molecular formula is C19H17ClN2O2S. The number of halogens is 1. The molecular weight excluding hydrogens is 356 g/mol. The number of aryl methyl sites for hydroxylation is 1. The number of para-hydroxylation sites is 1. The van der Waals surface area contributed by atoms with Crippen LogP contribution >= 0.6 is 22.9 Å². The molecule has 0 saturated heterocycles. The van der Waals surface area contributed by atoms with Crippen molar-refractivity contribution < 1.29 is 9.53 Å². The molecule has 0 saturated carbocycles. The van der Waals surface area contributed by atoms with Crippen LogP contribution in [0.4, 0.5) is 5.13 Å². The van der Waals surface area contributed by atoms with E-state index in [1.165, 1.54) is 11.3 Å². The highest BCUT2D eigenvalue weighted by atomic mass is 35.5. The standard InChI is InChI=1S/C19H17ClN2O2S/c1-2-13-7-3-6-10-17(13)24-11-18(23)22-19-21-16(12-25-19)14-8-4-5-9-15(14)20/h3-10,12H,2,11H2,1H3,(H,21,22,23). The van der Waals surface area contributed by atoms with Crippen LogP contribution in [0.25, 0.3) is 11.3 Å². The maximum absolute atomic E-state index is 12.1. The molecule has 1 heterocycles. The van der Waals surface area contributed by atoms with E-state index in [0.29, 0.717) is 10.2 Å². The Balaban J connectivity index is 1.61. The van der Waals surface area contributed by atoms with Crippen LogP contribution in [0.3, 0.4) is 0 Å². The second kappa shape index (κ2) is 8.14. The summed E-state index contributed by atoms with van der Waals surface area (Å²) >= 11 is 7.53. The first kappa shape index (κ1) is 17.5. The lowest BCUT2D eigenvalue weighted by atomic mass is 10.1. The molecule has 0 radical (unpaired) electrons. The van der Waals surface area contributed by atoms with Crippen LogP contribution in [-0.4, -0.2) is 17.5 Å². The average molecular weight is 373 g/mol. The van der Waals surface area contributed by atoms with Crippen molar-refractivity contribution in [2.45, 2.75) is 13.3 Å². The molecule has 6 heteroatoms. The maximum atomic E-state index is 12.1. The van der Waals surface area contributed by atoms with Gasteiger partial charge in [0.2, 0.25) is 0 Å². The minimum Gasteiger partial charge on any atom is -0.483 e. The second-order valence-corrected chi connectivity index (χ2v) is 6.58. The Morgan fingerprint density at radius 1 is 1.20 bits per heavy atom. The zero-order valence-electron chi connectivity index (χ0n) is 13.7. The highest BCUT2D eigenvalue weighted by Gasteiger charge is 2.11. The lowest BCUT2D eigenvalue weighted by Gasteiger charge is -2.09. The van der Waals surface area contributed by atoms with Gasteiger partial charge < -0.3 is 4.74 Å². The summed E-state index contributed by atoms with van der Waals surface area (Å²) in [4.78, 5) is 16.5. The van der Waals surface area contributed by atoms with Gasteiger partial charge in [-0.15, -0.1) is 11.3 Å². The second-order valence-electron chi connectivity index (χ2n) is 5.32. The Hall–Kier alpha value is -2.37. The minimum atomic E-state index is -0.244. The predicted molar refractivity (Wildman–Crippen MR) is 103 cm³/mol. The van der Waals surface area contributed by atoms with Gasteiger partial charge in [0.15, 0.2) is 11.7 Å². The monoisotopic (exact) mass is 372 g/mol. The van der Waals surface area contributed by atoms with E-state index in [2.05, 4.69) is 10.3 Å². The first-order valence-corrected chi connectivity index (χ1v) is 9.14. The van der Waals surface area contributed by atoms with Crippen molar-refractivity contribution in [1.82, 2.24) is 4.98 Å². The van der Waals surface area contributed by atoms with Gasteiger partial charge in [0.1, 0.15) is 5.75 Å². The molecule has 2 aromatic carbocycles. The molecule has 3 aromatic rings. The number of carbonyl (C=O) groups excluding carboxylic acids is 1. The van der Waals surface area contributed by atoms with Crippen molar-refractivity contribution in [3.63, 3.8) is 0 Å². The molecule has 0 unspecified atom stereocenters. The number of nitrogens with one attached hydrogen (secondary N) is 1. The molecule has 0 aliphatic heterocycles. The van der Waals surface area contributed by atoms with Crippen molar-refractivity contribution in [3.05, 3.63) is 64.5 Å². The van der Waals surface area contributed by atoms with Crippen LogP contribution < -0.4 is 10.1 Å². The molecule has 1 aromatic heterocycles. The first-order chi connectivity index (χ1) is 12.2. The quantitative estimate of drug-likeness (QED) is 0.659. The Bertz CT molecular complexity index is 879. The number of nitrogens with zero attached hydrogens (tertiary/aromatic N) is 1. The molecule has 25 heavy (non-hydrogen) atoms. The van der Waals surface area contributed by atoms with Crippen molar-refractivity contribution >= 4 is 34.0 Å². The number of anilines is 1. The fraction of sp³-hybridized carbons (Fsp3) is 0.158. The van der Waals surface area contributed by atoms with Gasteiger partial charge in [-0.25, -0.2) is 4.98 Å². The van der Waals surface area contributed by atoms with E-state index in [4.69, 9.17) is 16.3 Å². The molecule has 1 N–H and O–H groups in total. The third kappa shape index (κ3) is 4.38. The first-order valence-electron chi connectivity index (χ1n) is 7.88. The Labute approximate surface area is 155 Å². The van der Waals surface area contributed by atoms with E-state index in [1.54, 1.807) is 0 Å².